The lowest BCUT2D eigenvalue weighted by Crippen LogP contribution is -2.17. The molecule has 2 heterocycles. The second kappa shape index (κ2) is 5.98. The van der Waals surface area contributed by atoms with Gasteiger partial charge in [0.15, 0.2) is 5.78 Å². The Morgan fingerprint density at radius 1 is 1.05 bits per heavy atom. The zero-order valence-electron chi connectivity index (χ0n) is 11.2. The quantitative estimate of drug-likeness (QED) is 0.815. The Hall–Kier alpha value is -1.99. The van der Waals surface area contributed by atoms with E-state index in [1.807, 2.05) is 0 Å². The number of oxazole rings is 2. The van der Waals surface area contributed by atoms with E-state index in [-0.39, 0.29) is 30.8 Å². The fourth-order valence-corrected chi connectivity index (χ4v) is 1.86. The molecule has 20 heavy (non-hydrogen) atoms. The fourth-order valence-electron chi connectivity index (χ4n) is 1.86. The Labute approximate surface area is 115 Å². The van der Waals surface area contributed by atoms with E-state index >= 15 is 0 Å². The van der Waals surface area contributed by atoms with Gasteiger partial charge in [-0.3, -0.25) is 4.79 Å². The lowest BCUT2D eigenvalue weighted by molar-refractivity contribution is -0.121. The van der Waals surface area contributed by atoms with Crippen molar-refractivity contribution in [1.82, 2.24) is 9.97 Å². The Morgan fingerprint density at radius 2 is 1.45 bits per heavy atom. The molecule has 0 amide bonds. The van der Waals surface area contributed by atoms with Crippen molar-refractivity contribution >= 4 is 5.78 Å². The monoisotopic (exact) mass is 280 g/mol. The molecule has 108 valence electrons. The molecule has 2 unspecified atom stereocenters. The highest BCUT2D eigenvalue weighted by molar-refractivity contribution is 5.90. The Bertz CT molecular complexity index is 539. The number of aliphatic hydroxyl groups is 2. The number of rotatable bonds is 6. The molecule has 2 N–H and O–H groups in total. The van der Waals surface area contributed by atoms with Crippen molar-refractivity contribution in [2.75, 3.05) is 0 Å². The molecule has 0 bridgehead atoms. The first-order chi connectivity index (χ1) is 9.56. The zero-order chi connectivity index (χ0) is 14.7. The van der Waals surface area contributed by atoms with Gasteiger partial charge in [-0.2, -0.15) is 0 Å². The van der Waals surface area contributed by atoms with E-state index < -0.39 is 11.8 Å². The van der Waals surface area contributed by atoms with Crippen LogP contribution in [0.4, 0.5) is 0 Å². The van der Waals surface area contributed by atoms with Crippen LogP contribution in [0.2, 0.25) is 0 Å². The third-order valence-corrected chi connectivity index (χ3v) is 3.15. The van der Waals surface area contributed by atoms with E-state index in [1.54, 1.807) is 13.8 Å². The van der Waals surface area contributed by atoms with Crippen molar-refractivity contribution < 1.29 is 23.8 Å². The zero-order valence-corrected chi connectivity index (χ0v) is 11.2. The molecule has 2 rings (SSSR count). The number of aromatic nitrogens is 2. The number of carbonyl (C=O) groups excluding carboxylic acids is 1. The van der Waals surface area contributed by atoms with Gasteiger partial charge >= 0.3 is 0 Å². The number of ketones is 1. The standard InChI is InChI=1S/C13H16N2O5/c1-7(9-5-19-11(3-16)14-9)13(18)8(2)10-6-20-12(4-17)15-10/h5-8,16-17H,3-4H2,1-2H3. The molecule has 2 atom stereocenters. The average Bonchev–Trinajstić information content (AvgIpc) is 3.13. The Balaban J connectivity index is 2.13. The van der Waals surface area contributed by atoms with Crippen LogP contribution in [-0.4, -0.2) is 26.0 Å². The van der Waals surface area contributed by atoms with E-state index in [1.165, 1.54) is 12.5 Å². The minimum absolute atomic E-state index is 0.0967. The normalized spacial score (nSPS) is 14.2. The predicted molar refractivity (Wildman–Crippen MR) is 66.7 cm³/mol. The maximum Gasteiger partial charge on any atom is 0.219 e. The summed E-state index contributed by atoms with van der Waals surface area (Å²) in [5.41, 5.74) is 0.938. The summed E-state index contributed by atoms with van der Waals surface area (Å²) in [6.45, 7) is 2.81. The number of hydrogen-bond acceptors (Lipinski definition) is 7. The summed E-state index contributed by atoms with van der Waals surface area (Å²) in [6.07, 6.45) is 2.73. The molecule has 7 nitrogen and oxygen atoms in total. The molecular weight excluding hydrogens is 264 g/mol. The van der Waals surface area contributed by atoms with Crippen LogP contribution in [0.5, 0.6) is 0 Å². The molecule has 0 spiro atoms. The van der Waals surface area contributed by atoms with E-state index in [4.69, 9.17) is 19.0 Å². The van der Waals surface area contributed by atoms with E-state index in [9.17, 15) is 4.79 Å². The van der Waals surface area contributed by atoms with Crippen LogP contribution in [-0.2, 0) is 18.0 Å². The van der Waals surface area contributed by atoms with Crippen LogP contribution in [0.1, 0.15) is 48.9 Å². The molecule has 0 aliphatic rings. The van der Waals surface area contributed by atoms with E-state index in [2.05, 4.69) is 9.97 Å². The molecule has 2 aromatic heterocycles. The maximum atomic E-state index is 12.4. The van der Waals surface area contributed by atoms with Gasteiger partial charge in [-0.05, 0) is 13.8 Å². The second-order valence-electron chi connectivity index (χ2n) is 4.49. The van der Waals surface area contributed by atoms with Crippen molar-refractivity contribution in [3.05, 3.63) is 35.7 Å². The van der Waals surface area contributed by atoms with Gasteiger partial charge in [-0.15, -0.1) is 0 Å². The minimum atomic E-state index is -0.483. The number of hydrogen-bond donors (Lipinski definition) is 2. The van der Waals surface area contributed by atoms with E-state index in [0.717, 1.165) is 0 Å². The minimum Gasteiger partial charge on any atom is -0.446 e. The van der Waals surface area contributed by atoms with Crippen molar-refractivity contribution in [1.29, 1.82) is 0 Å². The van der Waals surface area contributed by atoms with Gasteiger partial charge in [0.2, 0.25) is 11.8 Å². The molecule has 0 saturated heterocycles. The highest BCUT2D eigenvalue weighted by Crippen LogP contribution is 2.25. The van der Waals surface area contributed by atoms with Crippen LogP contribution < -0.4 is 0 Å². The number of nitrogens with zero attached hydrogens (tertiary/aromatic N) is 2. The van der Waals surface area contributed by atoms with Gasteiger partial charge in [0.05, 0.1) is 23.2 Å². The maximum absolute atomic E-state index is 12.4. The summed E-state index contributed by atoms with van der Waals surface area (Å²) in [4.78, 5) is 20.4. The number of aliphatic hydroxyl groups excluding tert-OH is 2. The van der Waals surface area contributed by atoms with Gasteiger partial charge < -0.3 is 19.0 Å². The Morgan fingerprint density at radius 3 is 1.75 bits per heavy atom. The molecule has 2 aromatic rings. The molecular formula is C13H16N2O5. The van der Waals surface area contributed by atoms with Gasteiger partial charge in [-0.25, -0.2) is 9.97 Å². The molecule has 0 radical (unpaired) electrons. The highest BCUT2D eigenvalue weighted by atomic mass is 16.4. The molecule has 0 saturated carbocycles. The van der Waals surface area contributed by atoms with Crippen molar-refractivity contribution in [3.63, 3.8) is 0 Å². The molecule has 0 fully saturated rings. The summed E-state index contributed by atoms with van der Waals surface area (Å²) < 4.78 is 10.0. The van der Waals surface area contributed by atoms with Crippen LogP contribution in [0.3, 0.4) is 0 Å². The van der Waals surface area contributed by atoms with E-state index in [0.29, 0.717) is 11.4 Å². The van der Waals surface area contributed by atoms with Crippen LogP contribution >= 0.6 is 0 Å². The average molecular weight is 280 g/mol. The third kappa shape index (κ3) is 2.78. The van der Waals surface area contributed by atoms with Crippen LogP contribution in [0.25, 0.3) is 0 Å². The third-order valence-electron chi connectivity index (χ3n) is 3.15. The highest BCUT2D eigenvalue weighted by Gasteiger charge is 2.27. The SMILES string of the molecule is CC(C(=O)C(C)c1coc(CO)n1)c1coc(CO)n1. The number of Topliss-reactive ketones (excluding diaryl/α,β-unsaturated/α-hetero) is 1. The predicted octanol–water partition coefficient (Wildman–Crippen LogP) is 1.12. The first kappa shape index (κ1) is 14.4. The smallest absolute Gasteiger partial charge is 0.219 e. The van der Waals surface area contributed by atoms with Crippen LogP contribution in [0, 0.1) is 0 Å². The summed E-state index contributed by atoms with van der Waals surface area (Å²) in [7, 11) is 0. The van der Waals surface area contributed by atoms with Gasteiger partial charge in [0.1, 0.15) is 25.7 Å². The van der Waals surface area contributed by atoms with Gasteiger partial charge in [0.25, 0.3) is 0 Å². The van der Waals surface area contributed by atoms with Crippen molar-refractivity contribution in [2.45, 2.75) is 38.9 Å². The van der Waals surface area contributed by atoms with Gasteiger partial charge in [0, 0.05) is 0 Å². The molecule has 0 aliphatic heterocycles. The van der Waals surface area contributed by atoms with Crippen molar-refractivity contribution in [2.24, 2.45) is 0 Å². The lowest BCUT2D eigenvalue weighted by Gasteiger charge is -2.11. The molecule has 7 heteroatoms. The number of carbonyl (C=O) groups is 1. The second-order valence-corrected chi connectivity index (χ2v) is 4.49. The summed E-state index contributed by atoms with van der Waals surface area (Å²) in [5, 5.41) is 17.8. The first-order valence-corrected chi connectivity index (χ1v) is 6.20. The lowest BCUT2D eigenvalue weighted by atomic mass is 9.91. The first-order valence-electron chi connectivity index (χ1n) is 6.20. The fraction of sp³-hybridized carbons (Fsp3) is 0.462. The molecule has 0 aliphatic carbocycles. The summed E-state index contributed by atoms with van der Waals surface area (Å²) >= 11 is 0. The van der Waals surface area contributed by atoms with Crippen molar-refractivity contribution in [3.8, 4) is 0 Å². The topological polar surface area (TPSA) is 110 Å². The largest absolute Gasteiger partial charge is 0.446 e. The van der Waals surface area contributed by atoms with Crippen LogP contribution in [0.15, 0.2) is 21.4 Å². The summed E-state index contributed by atoms with van der Waals surface area (Å²) in [6, 6.07) is 0. The Kier molecular flexibility index (Phi) is 4.31. The summed E-state index contributed by atoms with van der Waals surface area (Å²) in [5.74, 6) is -0.708. The molecule has 0 aromatic carbocycles. The van der Waals surface area contributed by atoms with Gasteiger partial charge in [-0.1, -0.05) is 0 Å².